The fourth-order valence-electron chi connectivity index (χ4n) is 6.68. The van der Waals surface area contributed by atoms with Crippen molar-refractivity contribution < 1.29 is 4.79 Å². The predicted molar refractivity (Wildman–Crippen MR) is 124 cm³/mol. The van der Waals surface area contributed by atoms with Gasteiger partial charge in [0.15, 0.2) is 0 Å². The van der Waals surface area contributed by atoms with Crippen molar-refractivity contribution >= 4 is 23.2 Å². The van der Waals surface area contributed by atoms with E-state index in [9.17, 15) is 4.79 Å². The fourth-order valence-corrected chi connectivity index (χ4v) is 6.68. The number of fused-ring (bicyclic) bond motifs is 4. The molecule has 3 fully saturated rings. The van der Waals surface area contributed by atoms with Crippen molar-refractivity contribution in [2.75, 3.05) is 36.4 Å². The molecule has 7 nitrogen and oxygen atoms in total. The summed E-state index contributed by atoms with van der Waals surface area (Å²) in [6.45, 7) is 4.03. The summed E-state index contributed by atoms with van der Waals surface area (Å²) in [7, 11) is 0. The van der Waals surface area contributed by atoms with Gasteiger partial charge in [0, 0.05) is 50.6 Å². The maximum Gasteiger partial charge on any atom is 0.228 e. The second-order valence-electron chi connectivity index (χ2n) is 10.0. The van der Waals surface area contributed by atoms with Gasteiger partial charge in [-0.05, 0) is 48.8 Å². The molecule has 2 atom stereocenters. The zero-order valence-corrected chi connectivity index (χ0v) is 18.6. The highest BCUT2D eigenvalue weighted by Gasteiger charge is 2.53. The van der Waals surface area contributed by atoms with E-state index >= 15 is 0 Å². The fraction of sp³-hybridized carbons (Fsp3) is 0.600. The van der Waals surface area contributed by atoms with Gasteiger partial charge in [0.1, 0.15) is 11.6 Å². The molecule has 0 bridgehead atoms. The van der Waals surface area contributed by atoms with Crippen molar-refractivity contribution in [2.45, 2.75) is 57.3 Å². The standard InChI is InChI=1S/C25H32N6O/c32-20-6-9-25(7-2-1-3-8-25)22-19(20)14-17-15-28-24(30-23(17)22)29-21-5-4-18(16-27-21)31-12-10-26-11-13-31/h4-5,15-16,19,22,26H,1-3,6-14H2,(H,27,28,29,30). The second-order valence-corrected chi connectivity index (χ2v) is 10.0. The molecule has 2 N–H and O–H groups in total. The van der Waals surface area contributed by atoms with Crippen LogP contribution in [0.5, 0.6) is 0 Å². The lowest BCUT2D eigenvalue weighted by atomic mass is 9.56. The van der Waals surface area contributed by atoms with Gasteiger partial charge < -0.3 is 15.5 Å². The smallest absolute Gasteiger partial charge is 0.228 e. The second kappa shape index (κ2) is 8.10. The van der Waals surface area contributed by atoms with Gasteiger partial charge >= 0.3 is 0 Å². The molecule has 1 spiro atoms. The molecule has 2 aromatic heterocycles. The molecular formula is C25H32N6O. The van der Waals surface area contributed by atoms with Crippen molar-refractivity contribution in [3.8, 4) is 0 Å². The summed E-state index contributed by atoms with van der Waals surface area (Å²) in [6, 6.07) is 4.12. The number of ketones is 1. The van der Waals surface area contributed by atoms with Crippen LogP contribution < -0.4 is 15.5 Å². The number of piperazine rings is 1. The molecule has 2 unspecified atom stereocenters. The number of nitrogens with one attached hydrogen (secondary N) is 2. The Morgan fingerprint density at radius 2 is 1.88 bits per heavy atom. The number of carbonyl (C=O) groups is 1. The number of anilines is 3. The zero-order chi connectivity index (χ0) is 21.5. The minimum Gasteiger partial charge on any atom is -0.368 e. The molecule has 0 aromatic carbocycles. The van der Waals surface area contributed by atoms with E-state index in [4.69, 9.17) is 4.98 Å². The monoisotopic (exact) mass is 432 g/mol. The minimum absolute atomic E-state index is 0.109. The van der Waals surface area contributed by atoms with E-state index in [1.54, 1.807) is 0 Å². The highest BCUT2D eigenvalue weighted by atomic mass is 16.1. The Hall–Kier alpha value is -2.54. The molecule has 4 aliphatic rings. The van der Waals surface area contributed by atoms with Gasteiger partial charge in [0.05, 0.1) is 17.6 Å². The molecule has 0 amide bonds. The first-order valence-electron chi connectivity index (χ1n) is 12.3. The molecule has 3 aliphatic carbocycles. The molecule has 2 aromatic rings. The summed E-state index contributed by atoms with van der Waals surface area (Å²) in [5, 5.41) is 6.69. The summed E-state index contributed by atoms with van der Waals surface area (Å²) in [4.78, 5) is 29.4. The van der Waals surface area contributed by atoms with Crippen molar-refractivity contribution in [3.05, 3.63) is 35.8 Å². The summed E-state index contributed by atoms with van der Waals surface area (Å²) >= 11 is 0. The number of rotatable bonds is 3. The zero-order valence-electron chi connectivity index (χ0n) is 18.6. The third-order valence-electron chi connectivity index (χ3n) is 8.30. The maximum absolute atomic E-state index is 12.8. The van der Waals surface area contributed by atoms with Gasteiger partial charge in [-0.1, -0.05) is 19.3 Å². The number of carbonyl (C=O) groups excluding carboxylic acids is 1. The molecular weight excluding hydrogens is 400 g/mol. The van der Waals surface area contributed by atoms with E-state index in [0.717, 1.165) is 62.6 Å². The van der Waals surface area contributed by atoms with E-state index in [-0.39, 0.29) is 17.3 Å². The predicted octanol–water partition coefficient (Wildman–Crippen LogP) is 3.59. The first kappa shape index (κ1) is 20.1. The van der Waals surface area contributed by atoms with E-state index < -0.39 is 0 Å². The molecule has 32 heavy (non-hydrogen) atoms. The Kier molecular flexibility index (Phi) is 5.09. The van der Waals surface area contributed by atoms with Gasteiger partial charge in [-0.3, -0.25) is 4.79 Å². The molecule has 0 radical (unpaired) electrons. The van der Waals surface area contributed by atoms with Crippen LogP contribution in [0, 0.1) is 11.3 Å². The van der Waals surface area contributed by atoms with Crippen LogP contribution in [-0.4, -0.2) is 46.9 Å². The number of hydrogen-bond donors (Lipinski definition) is 2. The van der Waals surface area contributed by atoms with E-state index in [0.29, 0.717) is 11.7 Å². The van der Waals surface area contributed by atoms with E-state index in [2.05, 4.69) is 31.6 Å². The van der Waals surface area contributed by atoms with Gasteiger partial charge in [0.25, 0.3) is 0 Å². The summed E-state index contributed by atoms with van der Waals surface area (Å²) < 4.78 is 0. The summed E-state index contributed by atoms with van der Waals surface area (Å²) in [6.07, 6.45) is 12.8. The quantitative estimate of drug-likeness (QED) is 0.767. The lowest BCUT2D eigenvalue weighted by Crippen LogP contribution is -2.43. The third kappa shape index (κ3) is 3.47. The Morgan fingerprint density at radius 3 is 2.66 bits per heavy atom. The minimum atomic E-state index is 0.109. The van der Waals surface area contributed by atoms with Crippen molar-refractivity contribution in [2.24, 2.45) is 11.3 Å². The molecule has 1 aliphatic heterocycles. The number of aromatic nitrogens is 3. The number of nitrogens with zero attached hydrogens (tertiary/aromatic N) is 4. The van der Waals surface area contributed by atoms with E-state index in [1.807, 2.05) is 18.5 Å². The molecule has 168 valence electrons. The van der Waals surface area contributed by atoms with Crippen molar-refractivity contribution in [3.63, 3.8) is 0 Å². The molecule has 1 saturated heterocycles. The van der Waals surface area contributed by atoms with Crippen molar-refractivity contribution in [1.82, 2.24) is 20.3 Å². The average molecular weight is 433 g/mol. The number of hydrogen-bond acceptors (Lipinski definition) is 7. The Labute approximate surface area is 189 Å². The van der Waals surface area contributed by atoms with Gasteiger partial charge in [-0.2, -0.15) is 0 Å². The first-order chi connectivity index (χ1) is 15.7. The molecule has 6 rings (SSSR count). The van der Waals surface area contributed by atoms with Crippen LogP contribution in [0.3, 0.4) is 0 Å². The van der Waals surface area contributed by atoms with Gasteiger partial charge in [-0.25, -0.2) is 15.0 Å². The van der Waals surface area contributed by atoms with E-state index in [1.165, 1.54) is 37.7 Å². The number of pyridine rings is 1. The SMILES string of the molecule is O=C1CCC2(CCCCC2)C2c3nc(Nc4ccc(N5CCNCC5)cn4)ncc3CC12. The molecule has 2 saturated carbocycles. The average Bonchev–Trinajstić information content (AvgIpc) is 3.24. The Bertz CT molecular complexity index is 994. The lowest BCUT2D eigenvalue weighted by molar-refractivity contribution is -0.129. The van der Waals surface area contributed by atoms with Crippen LogP contribution in [0.15, 0.2) is 24.5 Å². The normalized spacial score (nSPS) is 26.6. The van der Waals surface area contributed by atoms with Crippen LogP contribution in [-0.2, 0) is 11.2 Å². The Morgan fingerprint density at radius 1 is 1.03 bits per heavy atom. The number of Topliss-reactive ketones (excluding diaryl/α,β-unsaturated/α-hetero) is 1. The lowest BCUT2D eigenvalue weighted by Gasteiger charge is -2.47. The van der Waals surface area contributed by atoms with Crippen LogP contribution in [0.1, 0.15) is 62.1 Å². The van der Waals surface area contributed by atoms with Crippen LogP contribution in [0.4, 0.5) is 17.5 Å². The maximum atomic E-state index is 12.8. The molecule has 7 heteroatoms. The largest absolute Gasteiger partial charge is 0.368 e. The van der Waals surface area contributed by atoms with Crippen molar-refractivity contribution in [1.29, 1.82) is 0 Å². The van der Waals surface area contributed by atoms with Gasteiger partial charge in [-0.15, -0.1) is 0 Å². The summed E-state index contributed by atoms with van der Waals surface area (Å²) in [5.74, 6) is 2.16. The summed E-state index contributed by atoms with van der Waals surface area (Å²) in [5.41, 5.74) is 3.71. The molecule has 3 heterocycles. The Balaban J connectivity index is 1.25. The first-order valence-corrected chi connectivity index (χ1v) is 12.3. The highest BCUT2D eigenvalue weighted by molar-refractivity contribution is 5.84. The van der Waals surface area contributed by atoms with Crippen LogP contribution in [0.25, 0.3) is 0 Å². The highest BCUT2D eigenvalue weighted by Crippen LogP contribution is 2.59. The van der Waals surface area contributed by atoms with Crippen LogP contribution in [0.2, 0.25) is 0 Å². The van der Waals surface area contributed by atoms with Crippen LogP contribution >= 0.6 is 0 Å². The van der Waals surface area contributed by atoms with Gasteiger partial charge in [0.2, 0.25) is 5.95 Å². The third-order valence-corrected chi connectivity index (χ3v) is 8.30. The topological polar surface area (TPSA) is 83.0 Å².